The zero-order valence-electron chi connectivity index (χ0n) is 10.7. The zero-order valence-corrected chi connectivity index (χ0v) is 10.7. The summed E-state index contributed by atoms with van der Waals surface area (Å²) in [6, 6.07) is 8.39. The van der Waals surface area contributed by atoms with E-state index in [0.29, 0.717) is 5.92 Å². The molecule has 3 nitrogen and oxygen atoms in total. The lowest BCUT2D eigenvalue weighted by Crippen LogP contribution is -2.38. The highest BCUT2D eigenvalue weighted by Crippen LogP contribution is 2.44. The number of ether oxygens (including phenoxy) is 2. The molecule has 2 N–H and O–H groups in total. The molecule has 2 heterocycles. The molecule has 0 radical (unpaired) electrons. The molecule has 1 atom stereocenters. The molecule has 0 spiro atoms. The fraction of sp³-hybridized carbons (Fsp3) is 0.600. The maximum atomic E-state index is 6.04. The third kappa shape index (κ3) is 2.13. The fourth-order valence-corrected chi connectivity index (χ4v) is 3.22. The summed E-state index contributed by atoms with van der Waals surface area (Å²) in [5.41, 5.74) is 7.65. The Kier molecular flexibility index (Phi) is 3.27. The normalized spacial score (nSPS) is 25.5. The third-order valence-electron chi connectivity index (χ3n) is 4.46. The van der Waals surface area contributed by atoms with Crippen LogP contribution in [-0.2, 0) is 4.74 Å². The van der Waals surface area contributed by atoms with E-state index in [4.69, 9.17) is 15.2 Å². The number of hydrogen-bond donors (Lipinski definition) is 1. The Morgan fingerprint density at radius 2 is 2.00 bits per heavy atom. The summed E-state index contributed by atoms with van der Waals surface area (Å²) in [5, 5.41) is 0. The molecule has 0 amide bonds. The highest BCUT2D eigenvalue weighted by Gasteiger charge is 2.36. The smallest absolute Gasteiger partial charge is 0.122 e. The molecule has 1 saturated heterocycles. The molecule has 3 rings (SSSR count). The summed E-state index contributed by atoms with van der Waals surface area (Å²) >= 11 is 0. The minimum atomic E-state index is 0.254. The number of hydrogen-bond acceptors (Lipinski definition) is 3. The molecule has 0 bridgehead atoms. The number of para-hydroxylation sites is 1. The van der Waals surface area contributed by atoms with Gasteiger partial charge in [0.05, 0.1) is 6.61 Å². The lowest BCUT2D eigenvalue weighted by atomic mass is 9.72. The first kappa shape index (κ1) is 12.0. The van der Waals surface area contributed by atoms with Crippen LogP contribution >= 0.6 is 0 Å². The van der Waals surface area contributed by atoms with Crippen molar-refractivity contribution in [2.45, 2.75) is 25.2 Å². The topological polar surface area (TPSA) is 44.5 Å². The molecule has 1 unspecified atom stereocenters. The van der Waals surface area contributed by atoms with Crippen LogP contribution in [0.4, 0.5) is 0 Å². The van der Waals surface area contributed by atoms with Crippen LogP contribution in [-0.4, -0.2) is 26.4 Å². The maximum Gasteiger partial charge on any atom is 0.122 e. The molecular weight excluding hydrogens is 226 g/mol. The van der Waals surface area contributed by atoms with Crippen molar-refractivity contribution < 1.29 is 9.47 Å². The van der Waals surface area contributed by atoms with Crippen molar-refractivity contribution in [1.82, 2.24) is 0 Å². The molecule has 1 fully saturated rings. The van der Waals surface area contributed by atoms with Crippen LogP contribution < -0.4 is 10.5 Å². The molecule has 3 heteroatoms. The van der Waals surface area contributed by atoms with Gasteiger partial charge in [0.1, 0.15) is 5.75 Å². The van der Waals surface area contributed by atoms with E-state index in [0.717, 1.165) is 51.4 Å². The van der Waals surface area contributed by atoms with Gasteiger partial charge in [0.2, 0.25) is 0 Å². The molecule has 2 aliphatic rings. The Morgan fingerprint density at radius 1 is 1.22 bits per heavy atom. The quantitative estimate of drug-likeness (QED) is 0.891. The van der Waals surface area contributed by atoms with Gasteiger partial charge in [-0.15, -0.1) is 0 Å². The summed E-state index contributed by atoms with van der Waals surface area (Å²) in [6.45, 7) is 3.27. The van der Waals surface area contributed by atoms with Crippen LogP contribution in [0.25, 0.3) is 0 Å². The van der Waals surface area contributed by atoms with E-state index >= 15 is 0 Å². The van der Waals surface area contributed by atoms with Crippen LogP contribution in [0, 0.1) is 5.41 Å². The van der Waals surface area contributed by atoms with Gasteiger partial charge in [-0.25, -0.2) is 0 Å². The van der Waals surface area contributed by atoms with Crippen LogP contribution in [0.1, 0.15) is 30.7 Å². The molecule has 1 aromatic rings. The van der Waals surface area contributed by atoms with Crippen LogP contribution in [0.15, 0.2) is 24.3 Å². The minimum Gasteiger partial charge on any atom is -0.493 e. The maximum absolute atomic E-state index is 6.04. The van der Waals surface area contributed by atoms with Gasteiger partial charge < -0.3 is 15.2 Å². The second kappa shape index (κ2) is 4.90. The molecule has 98 valence electrons. The van der Waals surface area contributed by atoms with Gasteiger partial charge in [-0.05, 0) is 37.3 Å². The zero-order chi connectivity index (χ0) is 12.4. The van der Waals surface area contributed by atoms with Gasteiger partial charge >= 0.3 is 0 Å². The number of nitrogens with two attached hydrogens (primary N) is 1. The second-order valence-electron chi connectivity index (χ2n) is 5.57. The predicted molar refractivity (Wildman–Crippen MR) is 70.8 cm³/mol. The minimum absolute atomic E-state index is 0.254. The lowest BCUT2D eigenvalue weighted by molar-refractivity contribution is 0.0103. The molecule has 0 aliphatic carbocycles. The van der Waals surface area contributed by atoms with E-state index in [1.165, 1.54) is 5.56 Å². The van der Waals surface area contributed by atoms with Gasteiger partial charge in [0.25, 0.3) is 0 Å². The van der Waals surface area contributed by atoms with E-state index < -0.39 is 0 Å². The predicted octanol–water partition coefficient (Wildman–Crippen LogP) is 2.31. The van der Waals surface area contributed by atoms with Crippen LogP contribution in [0.5, 0.6) is 5.75 Å². The molecule has 1 aromatic carbocycles. The van der Waals surface area contributed by atoms with E-state index in [-0.39, 0.29) is 5.41 Å². The van der Waals surface area contributed by atoms with E-state index in [9.17, 15) is 0 Å². The van der Waals surface area contributed by atoms with Crippen LogP contribution in [0.3, 0.4) is 0 Å². The van der Waals surface area contributed by atoms with Crippen molar-refractivity contribution in [2.24, 2.45) is 11.1 Å². The largest absolute Gasteiger partial charge is 0.493 e. The van der Waals surface area contributed by atoms with E-state index in [1.54, 1.807) is 0 Å². The van der Waals surface area contributed by atoms with Crippen molar-refractivity contribution in [2.75, 3.05) is 26.4 Å². The van der Waals surface area contributed by atoms with Crippen molar-refractivity contribution in [1.29, 1.82) is 0 Å². The van der Waals surface area contributed by atoms with Crippen molar-refractivity contribution in [3.05, 3.63) is 29.8 Å². The van der Waals surface area contributed by atoms with Gasteiger partial charge in [0, 0.05) is 24.7 Å². The summed E-state index contributed by atoms with van der Waals surface area (Å²) in [4.78, 5) is 0. The number of rotatable bonds is 3. The first-order valence-electron chi connectivity index (χ1n) is 6.83. The first-order chi connectivity index (χ1) is 8.83. The first-order valence-corrected chi connectivity index (χ1v) is 6.83. The lowest BCUT2D eigenvalue weighted by Gasteiger charge is -2.37. The average molecular weight is 247 g/mol. The van der Waals surface area contributed by atoms with Gasteiger partial charge in [-0.3, -0.25) is 0 Å². The molecule has 2 aliphatic heterocycles. The molecule has 0 saturated carbocycles. The summed E-state index contributed by atoms with van der Waals surface area (Å²) in [5.74, 6) is 1.56. The summed E-state index contributed by atoms with van der Waals surface area (Å²) in [6.07, 6.45) is 3.30. The standard InChI is InChI=1S/C15H21NO2/c16-11-15(5-7-17-8-6-15)9-12-10-18-14-4-2-1-3-13(12)14/h1-4,12H,5-11,16H2. The Bertz CT molecular complexity index is 413. The highest BCUT2D eigenvalue weighted by atomic mass is 16.5. The molecular formula is C15H21NO2. The van der Waals surface area contributed by atoms with Crippen LogP contribution in [0.2, 0.25) is 0 Å². The van der Waals surface area contributed by atoms with Gasteiger partial charge in [-0.1, -0.05) is 18.2 Å². The van der Waals surface area contributed by atoms with Crippen molar-refractivity contribution in [3.8, 4) is 5.75 Å². The van der Waals surface area contributed by atoms with E-state index in [2.05, 4.69) is 18.2 Å². The second-order valence-corrected chi connectivity index (χ2v) is 5.57. The van der Waals surface area contributed by atoms with Crippen molar-refractivity contribution >= 4 is 0 Å². The number of fused-ring (bicyclic) bond motifs is 1. The summed E-state index contributed by atoms with van der Waals surface area (Å²) < 4.78 is 11.2. The Labute approximate surface area is 108 Å². The molecule has 0 aromatic heterocycles. The monoisotopic (exact) mass is 247 g/mol. The SMILES string of the molecule is NCC1(CC2COc3ccccc32)CCOCC1. The van der Waals surface area contributed by atoms with E-state index in [1.807, 2.05) is 6.07 Å². The third-order valence-corrected chi connectivity index (χ3v) is 4.46. The van der Waals surface area contributed by atoms with Crippen molar-refractivity contribution in [3.63, 3.8) is 0 Å². The molecule has 18 heavy (non-hydrogen) atoms. The Balaban J connectivity index is 1.77. The Morgan fingerprint density at radius 3 is 2.78 bits per heavy atom. The Hall–Kier alpha value is -1.06. The number of benzene rings is 1. The van der Waals surface area contributed by atoms with Gasteiger partial charge in [-0.2, -0.15) is 0 Å². The summed E-state index contributed by atoms with van der Waals surface area (Å²) in [7, 11) is 0. The fourth-order valence-electron chi connectivity index (χ4n) is 3.22. The average Bonchev–Trinajstić information content (AvgIpc) is 2.83. The highest BCUT2D eigenvalue weighted by molar-refractivity contribution is 5.39. The van der Waals surface area contributed by atoms with Gasteiger partial charge in [0.15, 0.2) is 0 Å².